The average Bonchev–Trinajstić information content (AvgIpc) is 4.22. The van der Waals surface area contributed by atoms with Crippen LogP contribution in [0.5, 0.6) is 17.2 Å². The molecule has 0 bridgehead atoms. The molecule has 7 nitrogen and oxygen atoms in total. The molecular formula is C66H112N4O3. The summed E-state index contributed by atoms with van der Waals surface area (Å²) >= 11 is 0. The molecule has 0 unspecified atom stereocenters. The summed E-state index contributed by atoms with van der Waals surface area (Å²) in [6.07, 6.45) is 60.5. The van der Waals surface area contributed by atoms with Gasteiger partial charge in [-0.25, -0.2) is 0 Å². The number of H-pyrrole nitrogens is 2. The normalized spacial score (nSPS) is 11.5. The van der Waals surface area contributed by atoms with Crippen molar-refractivity contribution in [1.29, 1.82) is 0 Å². The Hall–Kier alpha value is -3.61. The fourth-order valence-electron chi connectivity index (χ4n) is 10.5. The van der Waals surface area contributed by atoms with Gasteiger partial charge in [0.25, 0.3) is 0 Å². The molecule has 1 aromatic carbocycles. The van der Waals surface area contributed by atoms with Crippen molar-refractivity contribution in [1.82, 2.24) is 19.7 Å². The van der Waals surface area contributed by atoms with Crippen LogP contribution in [-0.2, 0) is 6.54 Å². The van der Waals surface area contributed by atoms with Crippen molar-refractivity contribution >= 4 is 0 Å². The zero-order valence-electron chi connectivity index (χ0n) is 47.8. The van der Waals surface area contributed by atoms with Gasteiger partial charge in [-0.2, -0.15) is 5.10 Å². The zero-order valence-corrected chi connectivity index (χ0v) is 47.8. The molecule has 0 aliphatic heterocycles. The Morgan fingerprint density at radius 3 is 1.01 bits per heavy atom. The first-order chi connectivity index (χ1) is 36.2. The predicted octanol–water partition coefficient (Wildman–Crippen LogP) is 21.5. The van der Waals surface area contributed by atoms with E-state index in [4.69, 9.17) is 19.3 Å². The Morgan fingerprint density at radius 1 is 0.370 bits per heavy atom. The number of ether oxygens (including phenoxy) is 3. The van der Waals surface area contributed by atoms with E-state index in [2.05, 4.69) is 71.8 Å². The van der Waals surface area contributed by atoms with Crippen molar-refractivity contribution in [2.45, 2.75) is 297 Å². The first-order valence-electron chi connectivity index (χ1n) is 31.6. The first-order valence-corrected chi connectivity index (χ1v) is 31.6. The fourth-order valence-corrected chi connectivity index (χ4v) is 10.5. The van der Waals surface area contributed by atoms with Crippen molar-refractivity contribution in [2.75, 3.05) is 19.8 Å². The van der Waals surface area contributed by atoms with Crippen molar-refractivity contribution in [2.24, 2.45) is 0 Å². The van der Waals surface area contributed by atoms with Crippen LogP contribution in [0.15, 0.2) is 54.9 Å². The first kappa shape index (κ1) is 61.9. The standard InChI is InChI=1S/C66H112N4O3/c1-4-7-10-13-16-19-22-25-28-31-34-37-40-43-52-71-64-55-59(58-70-63(61-49-47-51-68-61)57-62(69-70)60-48-46-50-67-60)56-65(72-53-44-41-38-35-32-29-26-23-20-17-14-11-8-5-2)66(64)73-54-45-42-39-36-33-30-27-24-21-18-15-12-9-6-3/h46-51,55-57,67-68H,4-45,52-54,58H2,1-3H3. The number of rotatable bonds is 52. The number of aromatic nitrogens is 4. The van der Waals surface area contributed by atoms with Crippen LogP contribution in [0.25, 0.3) is 22.8 Å². The van der Waals surface area contributed by atoms with Gasteiger partial charge in [0, 0.05) is 12.4 Å². The summed E-state index contributed by atoms with van der Waals surface area (Å²) in [7, 11) is 0. The molecule has 0 saturated carbocycles. The third kappa shape index (κ3) is 29.3. The molecule has 0 aliphatic carbocycles. The number of hydrogen-bond acceptors (Lipinski definition) is 4. The molecule has 414 valence electrons. The molecule has 0 fully saturated rings. The van der Waals surface area contributed by atoms with Gasteiger partial charge in [-0.15, -0.1) is 0 Å². The van der Waals surface area contributed by atoms with Crippen molar-refractivity contribution in [3.05, 3.63) is 60.4 Å². The lowest BCUT2D eigenvalue weighted by atomic mass is 10.0. The topological polar surface area (TPSA) is 77.1 Å². The van der Waals surface area contributed by atoms with E-state index < -0.39 is 0 Å². The molecule has 3 aromatic heterocycles. The van der Waals surface area contributed by atoms with E-state index in [1.54, 1.807) is 0 Å². The van der Waals surface area contributed by atoms with Crippen LogP contribution >= 0.6 is 0 Å². The molecule has 0 radical (unpaired) electrons. The third-order valence-electron chi connectivity index (χ3n) is 15.2. The van der Waals surface area contributed by atoms with E-state index in [1.165, 1.54) is 250 Å². The van der Waals surface area contributed by atoms with Gasteiger partial charge in [0.15, 0.2) is 11.5 Å². The summed E-state index contributed by atoms with van der Waals surface area (Å²) in [5.74, 6) is 2.41. The van der Waals surface area contributed by atoms with Crippen LogP contribution < -0.4 is 14.2 Å². The summed E-state index contributed by atoms with van der Waals surface area (Å²) in [5, 5.41) is 5.15. The van der Waals surface area contributed by atoms with Crippen molar-refractivity contribution in [3.8, 4) is 40.0 Å². The molecule has 2 N–H and O–H groups in total. The van der Waals surface area contributed by atoms with Crippen LogP contribution in [0.4, 0.5) is 0 Å². The van der Waals surface area contributed by atoms with Crippen LogP contribution in [0.1, 0.15) is 296 Å². The van der Waals surface area contributed by atoms with Gasteiger partial charge in [0.2, 0.25) is 5.75 Å². The van der Waals surface area contributed by atoms with Crippen molar-refractivity contribution in [3.63, 3.8) is 0 Å². The van der Waals surface area contributed by atoms with Crippen LogP contribution in [0.3, 0.4) is 0 Å². The number of nitrogens with one attached hydrogen (secondary N) is 2. The second kappa shape index (κ2) is 43.6. The van der Waals surface area contributed by atoms with Gasteiger partial charge in [-0.1, -0.05) is 271 Å². The molecule has 7 heteroatoms. The highest BCUT2D eigenvalue weighted by atomic mass is 16.5. The van der Waals surface area contributed by atoms with Crippen molar-refractivity contribution < 1.29 is 14.2 Å². The number of unbranched alkanes of at least 4 members (excludes halogenated alkanes) is 39. The zero-order chi connectivity index (χ0) is 51.3. The molecular weight excluding hydrogens is 897 g/mol. The monoisotopic (exact) mass is 1010 g/mol. The molecule has 4 aromatic rings. The second-order valence-electron chi connectivity index (χ2n) is 22.0. The molecule has 0 atom stereocenters. The smallest absolute Gasteiger partial charge is 0.203 e. The average molecular weight is 1010 g/mol. The number of benzene rings is 1. The van der Waals surface area contributed by atoms with E-state index in [9.17, 15) is 0 Å². The minimum absolute atomic E-state index is 0.582. The number of aromatic amines is 2. The molecule has 0 saturated heterocycles. The number of nitrogens with zero attached hydrogens (tertiary/aromatic N) is 2. The van der Waals surface area contributed by atoms with E-state index in [1.807, 2.05) is 18.5 Å². The van der Waals surface area contributed by atoms with Crippen LogP contribution in [0, 0.1) is 0 Å². The maximum Gasteiger partial charge on any atom is 0.203 e. The van der Waals surface area contributed by atoms with Crippen LogP contribution in [0.2, 0.25) is 0 Å². The summed E-state index contributed by atoms with van der Waals surface area (Å²) in [6.45, 7) is 9.53. The molecule has 0 spiro atoms. The minimum atomic E-state index is 0.582. The Bertz CT molecular complexity index is 1740. The molecule has 0 aliphatic rings. The third-order valence-corrected chi connectivity index (χ3v) is 15.2. The lowest BCUT2D eigenvalue weighted by molar-refractivity contribution is 0.233. The Morgan fingerprint density at radius 2 is 0.685 bits per heavy atom. The quantitative estimate of drug-likeness (QED) is 0.0432. The van der Waals surface area contributed by atoms with Gasteiger partial charge in [0.1, 0.15) is 5.69 Å². The van der Waals surface area contributed by atoms with E-state index in [0.717, 1.165) is 64.9 Å². The highest BCUT2D eigenvalue weighted by Crippen LogP contribution is 2.40. The second-order valence-corrected chi connectivity index (χ2v) is 22.0. The van der Waals surface area contributed by atoms with E-state index >= 15 is 0 Å². The largest absolute Gasteiger partial charge is 0.490 e. The minimum Gasteiger partial charge on any atom is -0.490 e. The lowest BCUT2D eigenvalue weighted by Gasteiger charge is -2.19. The highest BCUT2D eigenvalue weighted by molar-refractivity contribution is 5.65. The highest BCUT2D eigenvalue weighted by Gasteiger charge is 2.19. The van der Waals surface area contributed by atoms with E-state index in [-0.39, 0.29) is 0 Å². The van der Waals surface area contributed by atoms with Gasteiger partial charge in [0.05, 0.1) is 43.4 Å². The Kier molecular flexibility index (Phi) is 37.0. The maximum atomic E-state index is 6.79. The molecule has 0 amide bonds. The van der Waals surface area contributed by atoms with Gasteiger partial charge < -0.3 is 24.2 Å². The van der Waals surface area contributed by atoms with Gasteiger partial charge in [-0.3, -0.25) is 4.68 Å². The van der Waals surface area contributed by atoms with Gasteiger partial charge in [-0.05, 0) is 67.3 Å². The number of hydrogen-bond donors (Lipinski definition) is 2. The Balaban J connectivity index is 1.35. The summed E-state index contributed by atoms with van der Waals surface area (Å²) in [6, 6.07) is 14.9. The summed E-state index contributed by atoms with van der Waals surface area (Å²) in [4.78, 5) is 6.80. The van der Waals surface area contributed by atoms with Crippen LogP contribution in [-0.4, -0.2) is 39.6 Å². The maximum absolute atomic E-state index is 6.79. The fraction of sp³-hybridized carbons (Fsp3) is 0.742. The van der Waals surface area contributed by atoms with E-state index in [0.29, 0.717) is 26.4 Å². The van der Waals surface area contributed by atoms with Gasteiger partial charge >= 0.3 is 0 Å². The predicted molar refractivity (Wildman–Crippen MR) is 315 cm³/mol. The summed E-state index contributed by atoms with van der Waals surface area (Å²) in [5.41, 5.74) is 5.12. The summed E-state index contributed by atoms with van der Waals surface area (Å²) < 4.78 is 22.5. The molecule has 73 heavy (non-hydrogen) atoms. The lowest BCUT2D eigenvalue weighted by Crippen LogP contribution is -2.09. The Labute approximate surface area is 449 Å². The molecule has 4 rings (SSSR count). The molecule has 3 heterocycles. The SMILES string of the molecule is CCCCCCCCCCCCCCCCOc1cc(Cn2nc(-c3ccc[nH]3)cc2-c2ccc[nH]2)cc(OCCCCCCCCCCCCCCCC)c1OCCCCCCCCCCCCCCCC.